The van der Waals surface area contributed by atoms with Crippen molar-refractivity contribution >= 4 is 35.8 Å². The molecule has 0 radical (unpaired) electrons. The number of rotatable bonds is 6. The second-order valence-electron chi connectivity index (χ2n) is 6.41. The van der Waals surface area contributed by atoms with Gasteiger partial charge in [0.15, 0.2) is 5.96 Å². The standard InChI is InChI=1S/C21H26N4O2.HI/c1-3-23-21(24-13-15-7-6-9-17(11-15)20(26)22-2)25-14-18-12-16-8-4-5-10-19(16)27-18;/h4-11,18H,3,12-14H2,1-2H3,(H,22,26)(H2,23,24,25);1H. The number of nitrogens with zero attached hydrogens (tertiary/aromatic N) is 1. The number of hydrogen-bond donors (Lipinski definition) is 3. The van der Waals surface area contributed by atoms with Crippen molar-refractivity contribution in [2.45, 2.75) is 26.0 Å². The van der Waals surface area contributed by atoms with Gasteiger partial charge in [-0.2, -0.15) is 0 Å². The Balaban J connectivity index is 0.00000280. The van der Waals surface area contributed by atoms with Crippen molar-refractivity contribution in [3.63, 3.8) is 0 Å². The lowest BCUT2D eigenvalue weighted by Gasteiger charge is -2.15. The maximum absolute atomic E-state index is 11.8. The monoisotopic (exact) mass is 494 g/mol. The molecule has 0 aliphatic carbocycles. The van der Waals surface area contributed by atoms with Gasteiger partial charge in [-0.25, -0.2) is 4.99 Å². The van der Waals surface area contributed by atoms with Crippen LogP contribution >= 0.6 is 24.0 Å². The van der Waals surface area contributed by atoms with Crippen molar-refractivity contribution in [1.82, 2.24) is 16.0 Å². The molecular formula is C21H27IN4O2. The number of fused-ring (bicyclic) bond motifs is 1. The Morgan fingerprint density at radius 2 is 2.00 bits per heavy atom. The molecule has 2 aromatic carbocycles. The number of amides is 1. The van der Waals surface area contributed by atoms with Crippen molar-refractivity contribution < 1.29 is 9.53 Å². The fourth-order valence-corrected chi connectivity index (χ4v) is 3.05. The topological polar surface area (TPSA) is 74.8 Å². The van der Waals surface area contributed by atoms with E-state index >= 15 is 0 Å². The van der Waals surface area contributed by atoms with Gasteiger partial charge in [0.25, 0.3) is 5.91 Å². The molecule has 1 heterocycles. The molecule has 6 nitrogen and oxygen atoms in total. The first-order valence-corrected chi connectivity index (χ1v) is 9.27. The van der Waals surface area contributed by atoms with Crippen LogP contribution in [0.1, 0.15) is 28.4 Å². The minimum Gasteiger partial charge on any atom is -0.488 e. The average molecular weight is 494 g/mol. The maximum Gasteiger partial charge on any atom is 0.251 e. The first kappa shape index (κ1) is 22.0. The van der Waals surface area contributed by atoms with Crippen LogP contribution in [0.25, 0.3) is 0 Å². The molecular weight excluding hydrogens is 467 g/mol. The SMILES string of the molecule is CCNC(=NCc1cccc(C(=O)NC)c1)NCC1Cc2ccccc2O1.I. The molecule has 0 saturated carbocycles. The zero-order chi connectivity index (χ0) is 19.1. The van der Waals surface area contributed by atoms with Crippen molar-refractivity contribution in [3.05, 3.63) is 65.2 Å². The summed E-state index contributed by atoms with van der Waals surface area (Å²) in [5.74, 6) is 1.61. The molecule has 0 bridgehead atoms. The van der Waals surface area contributed by atoms with E-state index in [1.165, 1.54) is 5.56 Å². The molecule has 3 rings (SSSR count). The summed E-state index contributed by atoms with van der Waals surface area (Å²) in [5.41, 5.74) is 2.87. The summed E-state index contributed by atoms with van der Waals surface area (Å²) in [7, 11) is 1.63. The summed E-state index contributed by atoms with van der Waals surface area (Å²) >= 11 is 0. The van der Waals surface area contributed by atoms with Crippen LogP contribution < -0.4 is 20.7 Å². The minimum atomic E-state index is -0.0937. The van der Waals surface area contributed by atoms with Gasteiger partial charge in [-0.1, -0.05) is 30.3 Å². The van der Waals surface area contributed by atoms with Crippen molar-refractivity contribution in [3.8, 4) is 5.75 Å². The lowest BCUT2D eigenvalue weighted by Crippen LogP contribution is -2.42. The Bertz CT molecular complexity index is 801. The van der Waals surface area contributed by atoms with Crippen LogP contribution in [0.4, 0.5) is 0 Å². The van der Waals surface area contributed by atoms with E-state index in [0.29, 0.717) is 18.7 Å². The van der Waals surface area contributed by atoms with E-state index in [9.17, 15) is 4.79 Å². The van der Waals surface area contributed by atoms with Gasteiger partial charge in [0.2, 0.25) is 0 Å². The Morgan fingerprint density at radius 1 is 1.18 bits per heavy atom. The number of aliphatic imine (C=N–C) groups is 1. The predicted molar refractivity (Wildman–Crippen MR) is 123 cm³/mol. The van der Waals surface area contributed by atoms with Crippen LogP contribution in [-0.2, 0) is 13.0 Å². The zero-order valence-corrected chi connectivity index (χ0v) is 18.5. The first-order chi connectivity index (χ1) is 13.2. The summed E-state index contributed by atoms with van der Waals surface area (Å²) in [4.78, 5) is 16.4. The molecule has 0 spiro atoms. The van der Waals surface area contributed by atoms with Gasteiger partial charge in [0, 0.05) is 25.6 Å². The Hall–Kier alpha value is -2.29. The van der Waals surface area contributed by atoms with Gasteiger partial charge in [-0.3, -0.25) is 4.79 Å². The third kappa shape index (κ3) is 5.85. The van der Waals surface area contributed by atoms with Gasteiger partial charge in [-0.15, -0.1) is 24.0 Å². The second kappa shape index (κ2) is 10.9. The van der Waals surface area contributed by atoms with Gasteiger partial charge in [0.05, 0.1) is 13.1 Å². The first-order valence-electron chi connectivity index (χ1n) is 9.27. The number of carbonyl (C=O) groups excluding carboxylic acids is 1. The number of para-hydroxylation sites is 1. The number of guanidine groups is 1. The van der Waals surface area contributed by atoms with E-state index in [2.05, 4.69) is 27.0 Å². The van der Waals surface area contributed by atoms with Crippen molar-refractivity contribution in [2.24, 2.45) is 4.99 Å². The van der Waals surface area contributed by atoms with E-state index in [1.807, 2.05) is 43.3 Å². The molecule has 0 aromatic heterocycles. The van der Waals surface area contributed by atoms with E-state index in [4.69, 9.17) is 4.74 Å². The highest BCUT2D eigenvalue weighted by molar-refractivity contribution is 14.0. The molecule has 150 valence electrons. The highest BCUT2D eigenvalue weighted by Crippen LogP contribution is 2.27. The number of hydrogen-bond acceptors (Lipinski definition) is 3. The number of ether oxygens (including phenoxy) is 1. The van der Waals surface area contributed by atoms with Crippen LogP contribution in [0, 0.1) is 0 Å². The smallest absolute Gasteiger partial charge is 0.251 e. The van der Waals surface area contributed by atoms with E-state index in [0.717, 1.165) is 30.2 Å². The number of halogens is 1. The average Bonchev–Trinajstić information content (AvgIpc) is 3.12. The molecule has 28 heavy (non-hydrogen) atoms. The largest absolute Gasteiger partial charge is 0.488 e. The molecule has 7 heteroatoms. The van der Waals surface area contributed by atoms with Crippen LogP contribution in [0.5, 0.6) is 5.75 Å². The maximum atomic E-state index is 11.8. The third-order valence-corrected chi connectivity index (χ3v) is 4.39. The zero-order valence-electron chi connectivity index (χ0n) is 16.2. The predicted octanol–water partition coefficient (Wildman–Crippen LogP) is 2.72. The van der Waals surface area contributed by atoms with Gasteiger partial charge in [-0.05, 0) is 36.2 Å². The quantitative estimate of drug-likeness (QED) is 0.328. The molecule has 1 unspecified atom stereocenters. The molecule has 0 fully saturated rings. The van der Waals surface area contributed by atoms with E-state index < -0.39 is 0 Å². The van der Waals surface area contributed by atoms with E-state index in [1.54, 1.807) is 13.1 Å². The molecule has 1 amide bonds. The summed E-state index contributed by atoms with van der Waals surface area (Å²) in [6, 6.07) is 15.6. The number of carbonyl (C=O) groups is 1. The lowest BCUT2D eigenvalue weighted by molar-refractivity contribution is 0.0963. The van der Waals surface area contributed by atoms with Gasteiger partial charge >= 0.3 is 0 Å². The van der Waals surface area contributed by atoms with Crippen molar-refractivity contribution in [1.29, 1.82) is 0 Å². The van der Waals surface area contributed by atoms with Crippen LogP contribution in [0.3, 0.4) is 0 Å². The molecule has 3 N–H and O–H groups in total. The summed E-state index contributed by atoms with van der Waals surface area (Å²) < 4.78 is 5.96. The second-order valence-corrected chi connectivity index (χ2v) is 6.41. The van der Waals surface area contributed by atoms with Crippen LogP contribution in [-0.4, -0.2) is 38.1 Å². The van der Waals surface area contributed by atoms with Crippen LogP contribution in [0.2, 0.25) is 0 Å². The van der Waals surface area contributed by atoms with Crippen molar-refractivity contribution in [2.75, 3.05) is 20.1 Å². The summed E-state index contributed by atoms with van der Waals surface area (Å²) in [6.07, 6.45) is 0.999. The Morgan fingerprint density at radius 3 is 2.75 bits per heavy atom. The fraction of sp³-hybridized carbons (Fsp3) is 0.333. The Labute approximate surface area is 183 Å². The molecule has 1 atom stereocenters. The minimum absolute atomic E-state index is 0. The fourth-order valence-electron chi connectivity index (χ4n) is 3.05. The van der Waals surface area contributed by atoms with Crippen LogP contribution in [0.15, 0.2) is 53.5 Å². The number of benzene rings is 2. The molecule has 1 aliphatic rings. The van der Waals surface area contributed by atoms with E-state index in [-0.39, 0.29) is 36.0 Å². The highest BCUT2D eigenvalue weighted by Gasteiger charge is 2.22. The van der Waals surface area contributed by atoms with Gasteiger partial charge in [0.1, 0.15) is 11.9 Å². The molecule has 0 saturated heterocycles. The number of nitrogens with one attached hydrogen (secondary N) is 3. The normalized spacial score (nSPS) is 15.1. The third-order valence-electron chi connectivity index (χ3n) is 4.39. The lowest BCUT2D eigenvalue weighted by atomic mass is 10.1. The van der Waals surface area contributed by atoms with Gasteiger partial charge < -0.3 is 20.7 Å². The highest BCUT2D eigenvalue weighted by atomic mass is 127. The molecule has 1 aliphatic heterocycles. The summed E-state index contributed by atoms with van der Waals surface area (Å²) in [6.45, 7) is 3.98. The summed E-state index contributed by atoms with van der Waals surface area (Å²) in [5, 5.41) is 9.24. The Kier molecular flexibility index (Phi) is 8.56. The molecule has 2 aromatic rings.